The van der Waals surface area contributed by atoms with Crippen molar-refractivity contribution in [2.45, 2.75) is 31.9 Å². The van der Waals surface area contributed by atoms with Gasteiger partial charge in [-0.2, -0.15) is 0 Å². The first-order chi connectivity index (χ1) is 7.47. The number of hydrogen-bond donors (Lipinski definition) is 2. The SMILES string of the molecule is CCC[C@@H](O)[C@@H](N)c1c(F)cc(Br)cc1F.Cl. The molecule has 1 aromatic carbocycles. The van der Waals surface area contributed by atoms with Crippen molar-refractivity contribution >= 4 is 28.3 Å². The summed E-state index contributed by atoms with van der Waals surface area (Å²) in [4.78, 5) is 0. The van der Waals surface area contributed by atoms with Gasteiger partial charge in [-0.3, -0.25) is 0 Å². The zero-order chi connectivity index (χ0) is 12.3. The van der Waals surface area contributed by atoms with Crippen LogP contribution in [0.3, 0.4) is 0 Å². The number of benzene rings is 1. The lowest BCUT2D eigenvalue weighted by Gasteiger charge is -2.19. The fourth-order valence-corrected chi connectivity index (χ4v) is 1.94. The molecule has 0 saturated heterocycles. The molecule has 0 bridgehead atoms. The number of hydrogen-bond acceptors (Lipinski definition) is 2. The average Bonchev–Trinajstić information content (AvgIpc) is 2.16. The summed E-state index contributed by atoms with van der Waals surface area (Å²) >= 11 is 2.98. The molecule has 0 aliphatic carbocycles. The van der Waals surface area contributed by atoms with Crippen LogP contribution in [0.2, 0.25) is 0 Å². The van der Waals surface area contributed by atoms with Crippen molar-refractivity contribution in [3.8, 4) is 0 Å². The minimum atomic E-state index is -1.03. The van der Waals surface area contributed by atoms with E-state index >= 15 is 0 Å². The van der Waals surface area contributed by atoms with Crippen LogP contribution in [0.4, 0.5) is 8.78 Å². The molecule has 0 radical (unpaired) electrons. The first-order valence-electron chi connectivity index (χ1n) is 5.05. The first-order valence-corrected chi connectivity index (χ1v) is 5.84. The lowest BCUT2D eigenvalue weighted by molar-refractivity contribution is 0.131. The Balaban J connectivity index is 0.00000256. The molecule has 3 N–H and O–H groups in total. The first kappa shape index (κ1) is 16.8. The molecule has 0 aromatic heterocycles. The van der Waals surface area contributed by atoms with Gasteiger partial charge in [0.15, 0.2) is 0 Å². The van der Waals surface area contributed by atoms with E-state index in [9.17, 15) is 13.9 Å². The van der Waals surface area contributed by atoms with E-state index in [0.29, 0.717) is 17.3 Å². The quantitative estimate of drug-likeness (QED) is 0.889. The molecular weight excluding hydrogens is 315 g/mol. The van der Waals surface area contributed by atoms with Gasteiger partial charge < -0.3 is 10.8 Å². The monoisotopic (exact) mass is 329 g/mol. The van der Waals surface area contributed by atoms with Crippen molar-refractivity contribution in [3.63, 3.8) is 0 Å². The van der Waals surface area contributed by atoms with Crippen molar-refractivity contribution < 1.29 is 13.9 Å². The van der Waals surface area contributed by atoms with Crippen LogP contribution in [0.25, 0.3) is 0 Å². The largest absolute Gasteiger partial charge is 0.391 e. The molecule has 0 saturated carbocycles. The summed E-state index contributed by atoms with van der Waals surface area (Å²) in [6, 6.07) is 1.24. The van der Waals surface area contributed by atoms with Crippen molar-refractivity contribution in [1.82, 2.24) is 0 Å². The maximum absolute atomic E-state index is 13.5. The van der Waals surface area contributed by atoms with Crippen molar-refractivity contribution in [2.75, 3.05) is 0 Å². The highest BCUT2D eigenvalue weighted by Gasteiger charge is 2.23. The van der Waals surface area contributed by atoms with E-state index in [1.54, 1.807) is 0 Å². The number of rotatable bonds is 4. The van der Waals surface area contributed by atoms with Gasteiger partial charge in [-0.25, -0.2) is 8.78 Å². The molecule has 98 valence electrons. The standard InChI is InChI=1S/C11H14BrF2NO.ClH/c1-2-3-9(16)11(15)10-7(13)4-6(12)5-8(10)14;/h4-5,9,11,16H,2-3,15H2,1H3;1H/t9-,11-;/m1./s1. The molecular formula is C11H15BrClF2NO. The van der Waals surface area contributed by atoms with Gasteiger partial charge in [0.05, 0.1) is 12.1 Å². The van der Waals surface area contributed by atoms with Crippen molar-refractivity contribution in [1.29, 1.82) is 0 Å². The Hall–Kier alpha value is -0.230. The summed E-state index contributed by atoms with van der Waals surface area (Å²) in [7, 11) is 0. The number of nitrogens with two attached hydrogens (primary N) is 1. The zero-order valence-electron chi connectivity index (χ0n) is 9.29. The van der Waals surface area contributed by atoms with E-state index in [1.165, 1.54) is 0 Å². The molecule has 2 nitrogen and oxygen atoms in total. The van der Waals surface area contributed by atoms with E-state index in [0.717, 1.165) is 12.1 Å². The van der Waals surface area contributed by atoms with Gasteiger partial charge in [0.1, 0.15) is 11.6 Å². The highest BCUT2D eigenvalue weighted by molar-refractivity contribution is 9.10. The smallest absolute Gasteiger partial charge is 0.132 e. The molecule has 6 heteroatoms. The molecule has 0 spiro atoms. The Labute approximate surface area is 114 Å². The Morgan fingerprint density at radius 1 is 1.35 bits per heavy atom. The lowest BCUT2D eigenvalue weighted by atomic mass is 9.98. The fourth-order valence-electron chi connectivity index (χ4n) is 1.54. The summed E-state index contributed by atoms with van der Waals surface area (Å²) in [5.41, 5.74) is 5.37. The average molecular weight is 331 g/mol. The Kier molecular flexibility index (Phi) is 7.16. The van der Waals surface area contributed by atoms with Crippen LogP contribution in [0.5, 0.6) is 0 Å². The second-order valence-electron chi connectivity index (χ2n) is 3.66. The predicted octanol–water partition coefficient (Wildman–Crippen LogP) is 3.31. The summed E-state index contributed by atoms with van der Waals surface area (Å²) in [5.74, 6) is -1.48. The second kappa shape index (κ2) is 7.26. The molecule has 0 heterocycles. The van der Waals surface area contributed by atoms with Crippen LogP contribution in [0.1, 0.15) is 31.4 Å². The topological polar surface area (TPSA) is 46.2 Å². The van der Waals surface area contributed by atoms with Crippen LogP contribution in [-0.4, -0.2) is 11.2 Å². The maximum Gasteiger partial charge on any atom is 0.132 e. The lowest BCUT2D eigenvalue weighted by Crippen LogP contribution is -2.28. The third kappa shape index (κ3) is 4.17. The molecule has 1 aromatic rings. The fraction of sp³-hybridized carbons (Fsp3) is 0.455. The molecule has 0 amide bonds. The molecule has 17 heavy (non-hydrogen) atoms. The van der Waals surface area contributed by atoms with Gasteiger partial charge in [0, 0.05) is 10.0 Å². The Bertz CT molecular complexity index is 355. The van der Waals surface area contributed by atoms with Crippen LogP contribution in [-0.2, 0) is 0 Å². The predicted molar refractivity (Wildman–Crippen MR) is 69.1 cm³/mol. The zero-order valence-corrected chi connectivity index (χ0v) is 11.7. The van der Waals surface area contributed by atoms with Gasteiger partial charge in [-0.05, 0) is 18.6 Å². The molecule has 1 rings (SSSR count). The van der Waals surface area contributed by atoms with Crippen molar-refractivity contribution in [2.24, 2.45) is 5.73 Å². The molecule has 0 aliphatic rings. The van der Waals surface area contributed by atoms with E-state index in [4.69, 9.17) is 5.73 Å². The van der Waals surface area contributed by atoms with Crippen molar-refractivity contribution in [3.05, 3.63) is 33.8 Å². The van der Waals surface area contributed by atoms with E-state index in [2.05, 4.69) is 15.9 Å². The molecule has 0 fully saturated rings. The third-order valence-corrected chi connectivity index (χ3v) is 2.83. The van der Waals surface area contributed by atoms with Crippen LogP contribution in [0, 0.1) is 11.6 Å². The van der Waals surface area contributed by atoms with Crippen LogP contribution >= 0.6 is 28.3 Å². The summed E-state index contributed by atoms with van der Waals surface area (Å²) in [5, 5.41) is 9.62. The third-order valence-electron chi connectivity index (χ3n) is 2.38. The van der Waals surface area contributed by atoms with Gasteiger partial charge in [-0.15, -0.1) is 12.4 Å². The summed E-state index contributed by atoms with van der Waals surface area (Å²) in [6.45, 7) is 1.87. The van der Waals surface area contributed by atoms with Gasteiger partial charge in [0.25, 0.3) is 0 Å². The highest BCUT2D eigenvalue weighted by atomic mass is 79.9. The minimum Gasteiger partial charge on any atom is -0.391 e. The summed E-state index contributed by atoms with van der Waals surface area (Å²) in [6.07, 6.45) is 0.181. The second-order valence-corrected chi connectivity index (χ2v) is 4.58. The molecule has 0 aliphatic heterocycles. The number of aliphatic hydroxyl groups excluding tert-OH is 1. The number of aliphatic hydroxyl groups is 1. The van der Waals surface area contributed by atoms with E-state index < -0.39 is 23.8 Å². The van der Waals surface area contributed by atoms with Gasteiger partial charge in [0.2, 0.25) is 0 Å². The summed E-state index contributed by atoms with van der Waals surface area (Å²) < 4.78 is 27.3. The Morgan fingerprint density at radius 3 is 2.24 bits per heavy atom. The van der Waals surface area contributed by atoms with Crippen LogP contribution in [0.15, 0.2) is 16.6 Å². The number of halogens is 4. The molecule has 2 atom stereocenters. The molecule has 0 unspecified atom stereocenters. The Morgan fingerprint density at radius 2 is 1.82 bits per heavy atom. The normalized spacial score (nSPS) is 14.0. The van der Waals surface area contributed by atoms with E-state index in [1.807, 2.05) is 6.92 Å². The minimum absolute atomic E-state index is 0. The van der Waals surface area contributed by atoms with Gasteiger partial charge in [-0.1, -0.05) is 29.3 Å². The van der Waals surface area contributed by atoms with E-state index in [-0.39, 0.29) is 18.0 Å². The van der Waals surface area contributed by atoms with Crippen LogP contribution < -0.4 is 5.73 Å². The maximum atomic E-state index is 13.5. The highest BCUT2D eigenvalue weighted by Crippen LogP contribution is 2.26. The van der Waals surface area contributed by atoms with Gasteiger partial charge >= 0.3 is 0 Å².